The summed E-state index contributed by atoms with van der Waals surface area (Å²) >= 11 is 0. The Labute approximate surface area is 169 Å². The Balaban J connectivity index is 1.69. The number of aromatic nitrogens is 1. The summed E-state index contributed by atoms with van der Waals surface area (Å²) < 4.78 is 11.2. The highest BCUT2D eigenvalue weighted by Crippen LogP contribution is 2.31. The molecule has 29 heavy (non-hydrogen) atoms. The third-order valence-electron chi connectivity index (χ3n) is 4.17. The average Bonchev–Trinajstić information content (AvgIpc) is 2.72. The molecule has 3 rings (SSSR count). The van der Waals surface area contributed by atoms with E-state index in [1.54, 1.807) is 32.2 Å². The maximum atomic E-state index is 12.0. The minimum Gasteiger partial charge on any atom is -0.493 e. The molecule has 2 amide bonds. The van der Waals surface area contributed by atoms with E-state index < -0.39 is 5.91 Å². The lowest BCUT2D eigenvalue weighted by molar-refractivity contribution is -0.126. The van der Waals surface area contributed by atoms with Gasteiger partial charge < -0.3 is 20.1 Å². The van der Waals surface area contributed by atoms with Gasteiger partial charge in [-0.25, -0.2) is 4.98 Å². The molecule has 0 fully saturated rings. The van der Waals surface area contributed by atoms with Gasteiger partial charge in [0.1, 0.15) is 13.0 Å². The van der Waals surface area contributed by atoms with Gasteiger partial charge in [0.2, 0.25) is 11.8 Å². The number of methoxy groups -OCH3 is 1. The lowest BCUT2D eigenvalue weighted by Crippen LogP contribution is -2.27. The Morgan fingerprint density at radius 1 is 1.00 bits per heavy atom. The highest BCUT2D eigenvalue weighted by atomic mass is 16.5. The highest BCUT2D eigenvalue weighted by Gasteiger charge is 2.12. The number of nitrogens with zero attached hydrogens (tertiary/aromatic N) is 1. The van der Waals surface area contributed by atoms with Gasteiger partial charge >= 0.3 is 0 Å². The number of hydrogen-bond donors (Lipinski definition) is 2. The number of amides is 2. The Kier molecular flexibility index (Phi) is 6.63. The van der Waals surface area contributed by atoms with E-state index in [4.69, 9.17) is 9.47 Å². The number of benzene rings is 2. The van der Waals surface area contributed by atoms with E-state index in [2.05, 4.69) is 15.6 Å². The molecule has 7 nitrogen and oxygen atoms in total. The van der Waals surface area contributed by atoms with Crippen LogP contribution in [-0.2, 0) is 16.2 Å². The van der Waals surface area contributed by atoms with Crippen LogP contribution in [0.3, 0.4) is 0 Å². The summed E-state index contributed by atoms with van der Waals surface area (Å²) in [5, 5.41) is 6.35. The van der Waals surface area contributed by atoms with Crippen molar-refractivity contribution in [3.8, 4) is 11.5 Å². The number of pyridine rings is 1. The first-order chi connectivity index (χ1) is 14.1. The lowest BCUT2D eigenvalue weighted by atomic mass is 10.2. The molecule has 1 heterocycles. The van der Waals surface area contributed by atoms with Crippen LogP contribution < -0.4 is 20.1 Å². The Morgan fingerprint density at radius 3 is 2.62 bits per heavy atom. The summed E-state index contributed by atoms with van der Waals surface area (Å²) in [5.41, 5.74) is 2.19. The number of nitrogens with one attached hydrogen (secondary N) is 2. The maximum Gasteiger partial charge on any atom is 0.233 e. The molecule has 0 saturated heterocycles. The number of fused-ring (bicyclic) bond motifs is 1. The topological polar surface area (TPSA) is 89.6 Å². The Bertz CT molecular complexity index is 1020. The van der Waals surface area contributed by atoms with Crippen LogP contribution in [0.4, 0.5) is 5.69 Å². The average molecular weight is 393 g/mol. The van der Waals surface area contributed by atoms with Gasteiger partial charge in [-0.05, 0) is 31.2 Å². The molecule has 0 bridgehead atoms. The molecular weight excluding hydrogens is 370 g/mol. The molecular formula is C22H23N3O4. The molecule has 1 aromatic heterocycles. The number of hydrogen-bond acceptors (Lipinski definition) is 5. The van der Waals surface area contributed by atoms with Crippen LogP contribution in [0.15, 0.2) is 54.6 Å². The number of anilines is 1. The number of para-hydroxylation sites is 1. The van der Waals surface area contributed by atoms with Crippen molar-refractivity contribution in [1.82, 2.24) is 10.3 Å². The van der Waals surface area contributed by atoms with Gasteiger partial charge in [-0.3, -0.25) is 9.59 Å². The van der Waals surface area contributed by atoms with Crippen molar-refractivity contribution in [1.29, 1.82) is 0 Å². The first kappa shape index (κ1) is 20.1. The van der Waals surface area contributed by atoms with E-state index in [-0.39, 0.29) is 18.9 Å². The highest BCUT2D eigenvalue weighted by molar-refractivity contribution is 6.03. The third kappa shape index (κ3) is 5.44. The van der Waals surface area contributed by atoms with Gasteiger partial charge in [-0.15, -0.1) is 0 Å². The van der Waals surface area contributed by atoms with Gasteiger partial charge in [-0.2, -0.15) is 0 Å². The molecule has 0 aliphatic carbocycles. The molecule has 3 aromatic rings. The van der Waals surface area contributed by atoms with Crippen LogP contribution in [0.1, 0.15) is 19.0 Å². The second-order valence-electron chi connectivity index (χ2n) is 6.33. The molecule has 0 atom stereocenters. The monoisotopic (exact) mass is 393 g/mol. The molecule has 150 valence electrons. The third-order valence-corrected chi connectivity index (χ3v) is 4.17. The summed E-state index contributed by atoms with van der Waals surface area (Å²) in [6.45, 7) is 2.53. The molecule has 0 spiro atoms. The predicted molar refractivity (Wildman–Crippen MR) is 111 cm³/mol. The summed E-state index contributed by atoms with van der Waals surface area (Å²) in [7, 11) is 1.55. The van der Waals surface area contributed by atoms with Crippen molar-refractivity contribution < 1.29 is 19.1 Å². The zero-order valence-electron chi connectivity index (χ0n) is 16.4. The minimum atomic E-state index is -0.400. The fourth-order valence-electron chi connectivity index (χ4n) is 2.82. The molecule has 0 saturated carbocycles. The molecule has 2 N–H and O–H groups in total. The molecule has 2 aromatic carbocycles. The molecule has 7 heteroatoms. The van der Waals surface area contributed by atoms with Crippen molar-refractivity contribution >= 4 is 28.4 Å². The maximum absolute atomic E-state index is 12.0. The molecule has 0 aliphatic rings. The van der Waals surface area contributed by atoms with E-state index in [1.807, 2.05) is 36.4 Å². The fourth-order valence-corrected chi connectivity index (χ4v) is 2.82. The fraction of sp³-hybridized carbons (Fsp3) is 0.227. The van der Waals surface area contributed by atoms with Gasteiger partial charge in [0, 0.05) is 23.7 Å². The van der Waals surface area contributed by atoms with Crippen LogP contribution >= 0.6 is 0 Å². The second-order valence-corrected chi connectivity index (χ2v) is 6.33. The molecule has 0 radical (unpaired) electrons. The van der Waals surface area contributed by atoms with Crippen LogP contribution in [0.5, 0.6) is 11.5 Å². The van der Waals surface area contributed by atoms with Crippen LogP contribution in [0.25, 0.3) is 10.9 Å². The van der Waals surface area contributed by atoms with Crippen molar-refractivity contribution in [3.63, 3.8) is 0 Å². The van der Waals surface area contributed by atoms with E-state index in [9.17, 15) is 9.59 Å². The number of carbonyl (C=O) groups is 2. The van der Waals surface area contributed by atoms with Gasteiger partial charge in [0.25, 0.3) is 0 Å². The van der Waals surface area contributed by atoms with Crippen molar-refractivity contribution in [2.75, 3.05) is 19.0 Å². The summed E-state index contributed by atoms with van der Waals surface area (Å²) in [6.07, 6.45) is -0.239. The summed E-state index contributed by atoms with van der Waals surface area (Å²) in [5.74, 6) is 0.284. The predicted octanol–water partition coefficient (Wildman–Crippen LogP) is 3.29. The minimum absolute atomic E-state index is 0.239. The Morgan fingerprint density at radius 2 is 1.83 bits per heavy atom. The van der Waals surface area contributed by atoms with E-state index >= 15 is 0 Å². The summed E-state index contributed by atoms with van der Waals surface area (Å²) in [6, 6.07) is 16.8. The zero-order valence-corrected chi connectivity index (χ0v) is 16.4. The van der Waals surface area contributed by atoms with E-state index in [0.29, 0.717) is 23.7 Å². The number of carbonyl (C=O) groups excluding carboxylic acids is 2. The van der Waals surface area contributed by atoms with Crippen molar-refractivity contribution in [2.45, 2.75) is 20.0 Å². The zero-order chi connectivity index (χ0) is 20.6. The van der Waals surface area contributed by atoms with Crippen molar-refractivity contribution in [2.24, 2.45) is 0 Å². The molecule has 0 unspecified atom stereocenters. The number of ether oxygens (including phenoxy) is 2. The lowest BCUT2D eigenvalue weighted by Gasteiger charge is -2.13. The second kappa shape index (κ2) is 9.54. The Hall–Kier alpha value is -3.61. The van der Waals surface area contributed by atoms with Gasteiger partial charge in [-0.1, -0.05) is 24.3 Å². The largest absolute Gasteiger partial charge is 0.493 e. The first-order valence-electron chi connectivity index (χ1n) is 9.31. The molecule has 0 aliphatic heterocycles. The first-order valence-corrected chi connectivity index (χ1v) is 9.31. The van der Waals surface area contributed by atoms with Crippen LogP contribution in [-0.4, -0.2) is 30.5 Å². The van der Waals surface area contributed by atoms with Gasteiger partial charge in [0.15, 0.2) is 11.5 Å². The normalized spacial score (nSPS) is 10.4. The smallest absolute Gasteiger partial charge is 0.233 e. The number of rotatable bonds is 8. The van der Waals surface area contributed by atoms with E-state index in [1.165, 1.54) is 0 Å². The van der Waals surface area contributed by atoms with Crippen LogP contribution in [0.2, 0.25) is 0 Å². The SMILES string of the molecule is CCNC(=O)CC(=O)Nc1ccc(OC)c(OCc2ccc3ccccc3n2)c1. The summed E-state index contributed by atoms with van der Waals surface area (Å²) in [4.78, 5) is 28.1. The quantitative estimate of drug-likeness (QED) is 0.573. The van der Waals surface area contributed by atoms with E-state index in [0.717, 1.165) is 16.6 Å². The standard InChI is InChI=1S/C22H23N3O4/c1-3-23-21(26)13-22(27)25-16-10-11-19(28-2)20(12-16)29-14-17-9-8-15-6-4-5-7-18(15)24-17/h4-12H,3,13-14H2,1-2H3,(H,23,26)(H,25,27). The van der Waals surface area contributed by atoms with Crippen molar-refractivity contribution in [3.05, 3.63) is 60.3 Å². The van der Waals surface area contributed by atoms with Gasteiger partial charge in [0.05, 0.1) is 18.3 Å². The van der Waals surface area contributed by atoms with Crippen LogP contribution in [0, 0.1) is 0 Å².